The van der Waals surface area contributed by atoms with Crippen molar-refractivity contribution in [2.75, 3.05) is 5.43 Å². The second-order valence-electron chi connectivity index (χ2n) is 4.56. The number of hydrazine groups is 1. The molecule has 0 aliphatic heterocycles. The van der Waals surface area contributed by atoms with Gasteiger partial charge in [0, 0.05) is 5.39 Å². The summed E-state index contributed by atoms with van der Waals surface area (Å²) >= 11 is 0. The van der Waals surface area contributed by atoms with Crippen LogP contribution >= 0.6 is 0 Å². The summed E-state index contributed by atoms with van der Waals surface area (Å²) in [6.45, 7) is 6.47. The molecule has 1 atom stereocenters. The van der Waals surface area contributed by atoms with Crippen LogP contribution in [0.4, 0.5) is 5.82 Å². The highest BCUT2D eigenvalue weighted by molar-refractivity contribution is 5.82. The van der Waals surface area contributed by atoms with Crippen molar-refractivity contribution in [3.63, 3.8) is 0 Å². The van der Waals surface area contributed by atoms with Crippen molar-refractivity contribution in [1.29, 1.82) is 0 Å². The predicted molar refractivity (Wildman–Crippen MR) is 73.0 cm³/mol. The van der Waals surface area contributed by atoms with E-state index in [4.69, 9.17) is 5.84 Å². The molecule has 17 heavy (non-hydrogen) atoms. The van der Waals surface area contributed by atoms with Gasteiger partial charge in [0.05, 0.1) is 5.52 Å². The molecule has 0 aliphatic carbocycles. The number of pyridine rings is 1. The van der Waals surface area contributed by atoms with Crippen LogP contribution in [0.15, 0.2) is 24.3 Å². The molecule has 2 rings (SSSR count). The lowest BCUT2D eigenvalue weighted by Gasteiger charge is -2.11. The standard InChI is InChI=1S/C14H19N3/c1-4-9(2)11-5-6-13-12(8-11)7-10(3)14(16-13)17-15/h5-9H,4,15H2,1-3H3,(H,16,17). The largest absolute Gasteiger partial charge is 0.308 e. The summed E-state index contributed by atoms with van der Waals surface area (Å²) in [6.07, 6.45) is 1.15. The number of hydrogen-bond donors (Lipinski definition) is 2. The fraction of sp³-hybridized carbons (Fsp3) is 0.357. The van der Waals surface area contributed by atoms with Crippen molar-refractivity contribution in [2.24, 2.45) is 5.84 Å². The minimum atomic E-state index is 0.590. The van der Waals surface area contributed by atoms with E-state index in [-0.39, 0.29) is 0 Å². The number of benzene rings is 1. The molecule has 0 aliphatic rings. The maximum atomic E-state index is 5.43. The van der Waals surface area contributed by atoms with Crippen LogP contribution in [0.3, 0.4) is 0 Å². The van der Waals surface area contributed by atoms with E-state index in [1.807, 2.05) is 6.92 Å². The van der Waals surface area contributed by atoms with Crippen LogP contribution < -0.4 is 11.3 Å². The van der Waals surface area contributed by atoms with Crippen LogP contribution in [0.2, 0.25) is 0 Å². The van der Waals surface area contributed by atoms with Gasteiger partial charge in [0.2, 0.25) is 0 Å². The molecule has 0 saturated heterocycles. The Bertz CT molecular complexity index is 534. The van der Waals surface area contributed by atoms with Crippen LogP contribution in [-0.4, -0.2) is 4.98 Å². The van der Waals surface area contributed by atoms with E-state index in [2.05, 4.69) is 48.5 Å². The summed E-state index contributed by atoms with van der Waals surface area (Å²) < 4.78 is 0. The van der Waals surface area contributed by atoms with E-state index in [1.54, 1.807) is 0 Å². The molecule has 1 unspecified atom stereocenters. The Labute approximate surface area is 102 Å². The first-order valence-corrected chi connectivity index (χ1v) is 6.03. The number of anilines is 1. The average Bonchev–Trinajstić information content (AvgIpc) is 2.36. The molecule has 90 valence electrons. The highest BCUT2D eigenvalue weighted by atomic mass is 15.2. The second kappa shape index (κ2) is 4.72. The molecule has 3 N–H and O–H groups in total. The number of aryl methyl sites for hydroxylation is 1. The molecule has 1 heterocycles. The highest BCUT2D eigenvalue weighted by Crippen LogP contribution is 2.25. The number of nitrogens with zero attached hydrogens (tertiary/aromatic N) is 1. The van der Waals surface area contributed by atoms with Gasteiger partial charge in [-0.1, -0.05) is 19.9 Å². The first kappa shape index (κ1) is 11.9. The molecule has 0 fully saturated rings. The van der Waals surface area contributed by atoms with Crippen molar-refractivity contribution < 1.29 is 0 Å². The average molecular weight is 229 g/mol. The van der Waals surface area contributed by atoms with E-state index in [9.17, 15) is 0 Å². The predicted octanol–water partition coefficient (Wildman–Crippen LogP) is 3.34. The minimum Gasteiger partial charge on any atom is -0.308 e. The Morgan fingerprint density at radius 2 is 2.12 bits per heavy atom. The summed E-state index contributed by atoms with van der Waals surface area (Å²) in [5.41, 5.74) is 6.05. The molecular weight excluding hydrogens is 210 g/mol. The van der Waals surface area contributed by atoms with Crippen molar-refractivity contribution in [3.8, 4) is 0 Å². The summed E-state index contributed by atoms with van der Waals surface area (Å²) in [5.74, 6) is 6.76. The molecule has 0 bridgehead atoms. The van der Waals surface area contributed by atoms with Crippen LogP contribution in [0.5, 0.6) is 0 Å². The molecule has 1 aromatic heterocycles. The Morgan fingerprint density at radius 1 is 1.35 bits per heavy atom. The molecule has 0 spiro atoms. The van der Waals surface area contributed by atoms with Crippen molar-refractivity contribution in [3.05, 3.63) is 35.4 Å². The lowest BCUT2D eigenvalue weighted by atomic mass is 9.97. The number of nitrogens with two attached hydrogens (primary N) is 1. The van der Waals surface area contributed by atoms with Crippen LogP contribution in [-0.2, 0) is 0 Å². The quantitative estimate of drug-likeness (QED) is 0.627. The topological polar surface area (TPSA) is 50.9 Å². The smallest absolute Gasteiger partial charge is 0.143 e. The lowest BCUT2D eigenvalue weighted by molar-refractivity contribution is 0.734. The first-order chi connectivity index (χ1) is 8.15. The Hall–Kier alpha value is -1.61. The van der Waals surface area contributed by atoms with Crippen molar-refractivity contribution in [2.45, 2.75) is 33.1 Å². The van der Waals surface area contributed by atoms with E-state index in [0.29, 0.717) is 5.92 Å². The van der Waals surface area contributed by atoms with Crippen LogP contribution in [0.25, 0.3) is 10.9 Å². The number of hydrogen-bond acceptors (Lipinski definition) is 3. The van der Waals surface area contributed by atoms with Gasteiger partial charge in [-0.2, -0.15) is 0 Å². The van der Waals surface area contributed by atoms with Gasteiger partial charge >= 0.3 is 0 Å². The van der Waals surface area contributed by atoms with Crippen LogP contribution in [0.1, 0.15) is 37.3 Å². The monoisotopic (exact) mass is 229 g/mol. The first-order valence-electron chi connectivity index (χ1n) is 6.03. The van der Waals surface area contributed by atoms with Crippen molar-refractivity contribution >= 4 is 16.7 Å². The number of nitrogen functional groups attached to an aromatic ring is 1. The Morgan fingerprint density at radius 3 is 2.76 bits per heavy atom. The lowest BCUT2D eigenvalue weighted by Crippen LogP contribution is -2.10. The van der Waals surface area contributed by atoms with Gasteiger partial charge in [0.1, 0.15) is 5.82 Å². The fourth-order valence-corrected chi connectivity index (χ4v) is 1.99. The zero-order valence-corrected chi connectivity index (χ0v) is 10.6. The summed E-state index contributed by atoms with van der Waals surface area (Å²) in [5, 5.41) is 1.18. The molecule has 1 aromatic carbocycles. The van der Waals surface area contributed by atoms with E-state index < -0.39 is 0 Å². The Balaban J connectivity index is 2.55. The van der Waals surface area contributed by atoms with Gasteiger partial charge in [-0.05, 0) is 48.6 Å². The molecule has 3 heteroatoms. The van der Waals surface area contributed by atoms with Gasteiger partial charge in [-0.25, -0.2) is 10.8 Å². The third-order valence-corrected chi connectivity index (χ3v) is 3.35. The van der Waals surface area contributed by atoms with Gasteiger partial charge < -0.3 is 5.43 Å². The maximum Gasteiger partial charge on any atom is 0.143 e. The molecule has 2 aromatic rings. The minimum absolute atomic E-state index is 0.590. The van der Waals surface area contributed by atoms with Gasteiger partial charge in [0.25, 0.3) is 0 Å². The van der Waals surface area contributed by atoms with Gasteiger partial charge in [-0.3, -0.25) is 0 Å². The summed E-state index contributed by atoms with van der Waals surface area (Å²) in [6, 6.07) is 8.57. The van der Waals surface area contributed by atoms with Crippen molar-refractivity contribution in [1.82, 2.24) is 4.98 Å². The number of fused-ring (bicyclic) bond motifs is 1. The zero-order chi connectivity index (χ0) is 12.4. The summed E-state index contributed by atoms with van der Waals surface area (Å²) in [7, 11) is 0. The molecule has 0 amide bonds. The molecule has 3 nitrogen and oxygen atoms in total. The van der Waals surface area contributed by atoms with E-state index in [0.717, 1.165) is 23.3 Å². The SMILES string of the molecule is CCC(C)c1ccc2nc(NN)c(C)cc2c1. The van der Waals surface area contributed by atoms with Gasteiger partial charge in [0.15, 0.2) is 0 Å². The fourth-order valence-electron chi connectivity index (χ4n) is 1.99. The zero-order valence-electron chi connectivity index (χ0n) is 10.6. The third kappa shape index (κ3) is 2.24. The molecule has 0 saturated carbocycles. The second-order valence-corrected chi connectivity index (χ2v) is 4.56. The van der Waals surface area contributed by atoms with E-state index >= 15 is 0 Å². The number of rotatable bonds is 3. The van der Waals surface area contributed by atoms with Gasteiger partial charge in [-0.15, -0.1) is 0 Å². The van der Waals surface area contributed by atoms with Crippen LogP contribution in [0, 0.1) is 6.92 Å². The number of aromatic nitrogens is 1. The molecular formula is C14H19N3. The Kier molecular flexibility index (Phi) is 3.29. The molecule has 0 radical (unpaired) electrons. The third-order valence-electron chi connectivity index (χ3n) is 3.35. The normalized spacial score (nSPS) is 12.7. The maximum absolute atomic E-state index is 5.43. The van der Waals surface area contributed by atoms with E-state index in [1.165, 1.54) is 10.9 Å². The highest BCUT2D eigenvalue weighted by Gasteiger charge is 2.06. The summed E-state index contributed by atoms with van der Waals surface area (Å²) in [4.78, 5) is 4.48. The number of nitrogens with one attached hydrogen (secondary N) is 1.